The van der Waals surface area contributed by atoms with Crippen molar-refractivity contribution in [2.45, 2.75) is 52.1 Å². The fourth-order valence-corrected chi connectivity index (χ4v) is 3.57. The third kappa shape index (κ3) is 9.86. The van der Waals surface area contributed by atoms with Gasteiger partial charge >= 0.3 is 19.8 Å². The summed E-state index contributed by atoms with van der Waals surface area (Å²) < 4.78 is 29.1. The van der Waals surface area contributed by atoms with Gasteiger partial charge in [0.2, 0.25) is 0 Å². The number of unbranched alkanes of at least 4 members (excludes halogenated alkanes) is 2. The van der Waals surface area contributed by atoms with Crippen molar-refractivity contribution in [2.75, 3.05) is 13.2 Å². The number of hydrogen-bond acceptors (Lipinski definition) is 6. The first-order chi connectivity index (χ1) is 12.7. The Balaban J connectivity index is 5.55. The molecule has 0 fully saturated rings. The van der Waals surface area contributed by atoms with Gasteiger partial charge in [0.1, 0.15) is 5.92 Å². The molecule has 3 unspecified atom stereocenters. The highest BCUT2D eigenvalue weighted by Crippen LogP contribution is 2.52. The molecule has 0 radical (unpaired) electrons. The van der Waals surface area contributed by atoms with Gasteiger partial charge in [-0.25, -0.2) is 4.57 Å². The Hall–Kier alpha value is -1.47. The topological polar surface area (TPSA) is 119 Å². The lowest BCUT2D eigenvalue weighted by atomic mass is 9.93. The van der Waals surface area contributed by atoms with Crippen LogP contribution in [0.3, 0.4) is 0 Å². The molecule has 8 nitrogen and oxygen atoms in total. The standard InChI is InChI=1S/C18H31O8P/c1-5-9-11-24-27(23,25-12-10-6-2)26-16(15(8-4)18(21)22)13-14(7-3)17(19)20/h7-8,14-16H,3-6,9-13H2,1-2H3,(H,19,20)(H,21,22). The number of aliphatic carboxylic acids is 2. The predicted octanol–water partition coefficient (Wildman–Crippen LogP) is 4.28. The highest BCUT2D eigenvalue weighted by Gasteiger charge is 2.38. The van der Waals surface area contributed by atoms with E-state index >= 15 is 0 Å². The van der Waals surface area contributed by atoms with E-state index in [1.54, 1.807) is 0 Å². The smallest absolute Gasteiger partial charge is 0.475 e. The van der Waals surface area contributed by atoms with E-state index in [2.05, 4.69) is 13.2 Å². The fourth-order valence-electron chi connectivity index (χ4n) is 2.12. The van der Waals surface area contributed by atoms with E-state index in [4.69, 9.17) is 13.6 Å². The van der Waals surface area contributed by atoms with Gasteiger partial charge in [0.05, 0.1) is 25.2 Å². The molecule has 0 aliphatic rings. The summed E-state index contributed by atoms with van der Waals surface area (Å²) in [5.74, 6) is -4.85. The predicted molar refractivity (Wildman–Crippen MR) is 101 cm³/mol. The fraction of sp³-hybridized carbons (Fsp3) is 0.667. The molecule has 0 aromatic rings. The van der Waals surface area contributed by atoms with Crippen LogP contribution in [0.1, 0.15) is 46.0 Å². The summed E-state index contributed by atoms with van der Waals surface area (Å²) in [7, 11) is -4.08. The lowest BCUT2D eigenvalue weighted by Gasteiger charge is -2.27. The molecule has 0 aromatic carbocycles. The van der Waals surface area contributed by atoms with Crippen molar-refractivity contribution in [1.29, 1.82) is 0 Å². The van der Waals surface area contributed by atoms with Crippen LogP contribution >= 0.6 is 7.82 Å². The molecule has 0 bridgehead atoms. The number of phosphoric acid groups is 1. The van der Waals surface area contributed by atoms with Crippen molar-refractivity contribution in [2.24, 2.45) is 11.8 Å². The summed E-state index contributed by atoms with van der Waals surface area (Å²) in [5, 5.41) is 18.6. The van der Waals surface area contributed by atoms with Crippen molar-refractivity contribution >= 4 is 19.8 Å². The number of carboxylic acids is 2. The summed E-state index contributed by atoms with van der Waals surface area (Å²) in [6.45, 7) is 11.0. The zero-order valence-electron chi connectivity index (χ0n) is 16.0. The number of carboxylic acid groups (broad SMARTS) is 2. The second kappa shape index (κ2) is 13.7. The Morgan fingerprint density at radius 2 is 1.52 bits per heavy atom. The molecule has 0 saturated heterocycles. The van der Waals surface area contributed by atoms with Crippen LogP contribution in [0.25, 0.3) is 0 Å². The van der Waals surface area contributed by atoms with Crippen LogP contribution in [0.4, 0.5) is 0 Å². The monoisotopic (exact) mass is 406 g/mol. The highest BCUT2D eigenvalue weighted by molar-refractivity contribution is 7.48. The van der Waals surface area contributed by atoms with Crippen molar-refractivity contribution < 1.29 is 37.9 Å². The van der Waals surface area contributed by atoms with Gasteiger partial charge in [-0.3, -0.25) is 23.2 Å². The SMILES string of the molecule is C=CC(CC(OP(=O)(OCCCC)OCCCC)C(C=C)C(=O)O)C(=O)O. The normalized spacial score (nSPS) is 14.9. The minimum Gasteiger partial charge on any atom is -0.481 e. The second-order valence-corrected chi connectivity index (χ2v) is 7.60. The molecule has 2 N–H and O–H groups in total. The Bertz CT molecular complexity index is 519. The molecule has 0 rings (SSSR count). The van der Waals surface area contributed by atoms with E-state index in [-0.39, 0.29) is 19.6 Å². The molecular formula is C18H31O8P. The largest absolute Gasteiger partial charge is 0.481 e. The van der Waals surface area contributed by atoms with E-state index in [0.29, 0.717) is 12.8 Å². The lowest BCUT2D eigenvalue weighted by Crippen LogP contribution is -2.32. The third-order valence-electron chi connectivity index (χ3n) is 3.79. The lowest BCUT2D eigenvalue weighted by molar-refractivity contribution is -0.146. The minimum absolute atomic E-state index is 0.113. The highest BCUT2D eigenvalue weighted by atomic mass is 31.2. The van der Waals surface area contributed by atoms with Crippen LogP contribution in [0.2, 0.25) is 0 Å². The van der Waals surface area contributed by atoms with Crippen LogP contribution in [0.5, 0.6) is 0 Å². The summed E-state index contributed by atoms with van der Waals surface area (Å²) in [4.78, 5) is 22.8. The maximum absolute atomic E-state index is 13.0. The van der Waals surface area contributed by atoms with Gasteiger partial charge in [0.25, 0.3) is 0 Å². The molecular weight excluding hydrogens is 375 g/mol. The second-order valence-electron chi connectivity index (χ2n) is 5.98. The summed E-state index contributed by atoms with van der Waals surface area (Å²) >= 11 is 0. The average Bonchev–Trinajstić information content (AvgIpc) is 2.59. The Morgan fingerprint density at radius 1 is 1.00 bits per heavy atom. The molecule has 0 spiro atoms. The molecule has 9 heteroatoms. The van der Waals surface area contributed by atoms with E-state index in [1.165, 1.54) is 6.08 Å². The quantitative estimate of drug-likeness (QED) is 0.209. The molecule has 0 aliphatic carbocycles. The van der Waals surface area contributed by atoms with E-state index < -0.39 is 37.7 Å². The molecule has 0 heterocycles. The number of phosphoric ester groups is 1. The van der Waals surface area contributed by atoms with Crippen molar-refractivity contribution in [1.82, 2.24) is 0 Å². The van der Waals surface area contributed by atoms with Crippen LogP contribution < -0.4 is 0 Å². The Morgan fingerprint density at radius 3 is 1.85 bits per heavy atom. The van der Waals surface area contributed by atoms with Gasteiger partial charge in [-0.05, 0) is 19.3 Å². The van der Waals surface area contributed by atoms with Crippen LogP contribution in [0, 0.1) is 11.8 Å². The number of rotatable bonds is 17. The Labute approximate surface area is 160 Å². The van der Waals surface area contributed by atoms with Gasteiger partial charge in [-0.2, -0.15) is 0 Å². The molecule has 0 aromatic heterocycles. The first-order valence-electron chi connectivity index (χ1n) is 9.02. The van der Waals surface area contributed by atoms with E-state index in [1.807, 2.05) is 13.8 Å². The van der Waals surface area contributed by atoms with Crippen molar-refractivity contribution in [3.8, 4) is 0 Å². The molecule has 3 atom stereocenters. The summed E-state index contributed by atoms with van der Waals surface area (Å²) in [6, 6.07) is 0. The van der Waals surface area contributed by atoms with Crippen LogP contribution in [-0.2, 0) is 27.7 Å². The van der Waals surface area contributed by atoms with Crippen molar-refractivity contribution in [3.05, 3.63) is 25.3 Å². The minimum atomic E-state index is -4.08. The zero-order chi connectivity index (χ0) is 20.9. The number of hydrogen-bond donors (Lipinski definition) is 2. The Kier molecular flexibility index (Phi) is 12.9. The third-order valence-corrected chi connectivity index (χ3v) is 5.31. The van der Waals surface area contributed by atoms with Crippen LogP contribution in [0.15, 0.2) is 25.3 Å². The zero-order valence-corrected chi connectivity index (χ0v) is 16.9. The first kappa shape index (κ1) is 25.5. The van der Waals surface area contributed by atoms with E-state index in [0.717, 1.165) is 18.9 Å². The van der Waals surface area contributed by atoms with Crippen molar-refractivity contribution in [3.63, 3.8) is 0 Å². The summed E-state index contributed by atoms with van der Waals surface area (Å²) in [6.07, 6.45) is 3.56. The number of carbonyl (C=O) groups is 2. The molecule has 0 saturated carbocycles. The van der Waals surface area contributed by atoms with Gasteiger partial charge in [0, 0.05) is 0 Å². The summed E-state index contributed by atoms with van der Waals surface area (Å²) in [5.41, 5.74) is 0. The maximum Gasteiger partial charge on any atom is 0.475 e. The molecule has 156 valence electrons. The molecule has 0 amide bonds. The van der Waals surface area contributed by atoms with Gasteiger partial charge in [-0.15, -0.1) is 13.2 Å². The van der Waals surface area contributed by atoms with E-state index in [9.17, 15) is 24.4 Å². The van der Waals surface area contributed by atoms with Gasteiger partial charge in [-0.1, -0.05) is 38.8 Å². The molecule has 27 heavy (non-hydrogen) atoms. The average molecular weight is 406 g/mol. The van der Waals surface area contributed by atoms with Gasteiger partial charge < -0.3 is 10.2 Å². The van der Waals surface area contributed by atoms with Gasteiger partial charge in [0.15, 0.2) is 0 Å². The maximum atomic E-state index is 13.0. The molecule has 0 aliphatic heterocycles. The first-order valence-corrected chi connectivity index (χ1v) is 10.5. The van der Waals surface area contributed by atoms with Crippen LogP contribution in [-0.4, -0.2) is 41.5 Å².